The number of ether oxygens (including phenoxy) is 4. The zero-order chi connectivity index (χ0) is 67.3. The molecule has 2 heterocycles. The number of unbranched alkanes of at least 4 members (excludes halogenated alkanes) is 24. The van der Waals surface area contributed by atoms with Crippen molar-refractivity contribution < 1.29 is 57.9 Å². The van der Waals surface area contributed by atoms with Crippen LogP contribution < -0.4 is 0 Å². The predicted octanol–water partition coefficient (Wildman–Crippen LogP) is 20.3. The molecule has 0 amide bonds. The second-order valence-electron chi connectivity index (χ2n) is 28.6. The number of nitrogens with zero attached hydrogens (tertiary/aromatic N) is 2. The van der Waals surface area contributed by atoms with E-state index in [-0.39, 0.29) is 48.6 Å². The van der Waals surface area contributed by atoms with E-state index in [1.807, 2.05) is 0 Å². The highest BCUT2D eigenvalue weighted by molar-refractivity contribution is 5.73. The molecular formula is C78H146N2O12. The van der Waals surface area contributed by atoms with Crippen LogP contribution in [0.4, 0.5) is 0 Å². The standard InChI is InChI=1S/C53H101NO6.C25H45NO6/c1-6-10-20-30-47(31-21-11-7-2)36-28-44-58-51(55)38-26-18-14-16-24-34-49(46-60-53(57)50-40-42-54(5)43-41-50)35-25-17-15-19-27-39-52(56)59-45-29-37-48(32-22-12-8-3)33-23-13-9-4;1-26-18-16-22(17-19-26)25(31)32-20-21(12-8-4-2-6-10-14-23(27)28)13-9-5-3-7-11-15-24(29)30/h47-50H,6-46H2,1-5H3;21-22H,2-20H2,1H3,(H,27,28)(H,29,30). The van der Waals surface area contributed by atoms with Gasteiger partial charge in [-0.15, -0.1) is 0 Å². The molecule has 0 aliphatic carbocycles. The van der Waals surface area contributed by atoms with Gasteiger partial charge in [0.2, 0.25) is 0 Å². The van der Waals surface area contributed by atoms with Gasteiger partial charge >= 0.3 is 35.8 Å². The fourth-order valence-corrected chi connectivity index (χ4v) is 13.5. The van der Waals surface area contributed by atoms with E-state index in [9.17, 15) is 28.8 Å². The van der Waals surface area contributed by atoms with Gasteiger partial charge in [0.15, 0.2) is 0 Å². The maximum Gasteiger partial charge on any atom is 0.309 e. The third-order valence-corrected chi connectivity index (χ3v) is 19.9. The van der Waals surface area contributed by atoms with Crippen LogP contribution in [0.5, 0.6) is 0 Å². The molecule has 540 valence electrons. The molecule has 14 nitrogen and oxygen atoms in total. The third-order valence-electron chi connectivity index (χ3n) is 19.9. The summed E-state index contributed by atoms with van der Waals surface area (Å²) in [5, 5.41) is 17.4. The minimum Gasteiger partial charge on any atom is -0.481 e. The molecule has 14 heteroatoms. The third kappa shape index (κ3) is 53.9. The van der Waals surface area contributed by atoms with Crippen LogP contribution in [0.15, 0.2) is 0 Å². The Morgan fingerprint density at radius 2 is 0.554 bits per heavy atom. The molecular weight excluding hydrogens is 1160 g/mol. The monoisotopic (exact) mass is 1300 g/mol. The largest absolute Gasteiger partial charge is 0.481 e. The van der Waals surface area contributed by atoms with E-state index in [2.05, 4.69) is 51.6 Å². The number of likely N-dealkylation sites (tertiary alicyclic amines) is 2. The second kappa shape index (κ2) is 62.5. The number of hydrogen-bond donors (Lipinski definition) is 2. The Bertz CT molecular complexity index is 1640. The van der Waals surface area contributed by atoms with Crippen LogP contribution in [-0.4, -0.2) is 123 Å². The van der Waals surface area contributed by atoms with Crippen LogP contribution in [0.3, 0.4) is 0 Å². The van der Waals surface area contributed by atoms with Gasteiger partial charge in [-0.25, -0.2) is 0 Å². The van der Waals surface area contributed by atoms with E-state index in [1.54, 1.807) is 0 Å². The molecule has 0 unspecified atom stereocenters. The van der Waals surface area contributed by atoms with Gasteiger partial charge in [-0.1, -0.05) is 233 Å². The molecule has 0 spiro atoms. The van der Waals surface area contributed by atoms with Crippen molar-refractivity contribution in [2.24, 2.45) is 35.5 Å². The summed E-state index contributed by atoms with van der Waals surface area (Å²) in [5.41, 5.74) is 0. The SMILES string of the molecule is CCCCCC(CCCCC)CCCOC(=O)CCCCCCCC(CCCCCCCC(=O)OCCCC(CCCCC)CCCCC)COC(=O)C1CCN(C)CC1.CN1CCC(C(=O)OCC(CCCCCCCC(=O)O)CCCCCCCC(=O)O)CC1. The van der Waals surface area contributed by atoms with Crippen LogP contribution in [0.25, 0.3) is 0 Å². The van der Waals surface area contributed by atoms with Crippen molar-refractivity contribution in [2.45, 2.75) is 362 Å². The van der Waals surface area contributed by atoms with Gasteiger partial charge in [0.25, 0.3) is 0 Å². The number of esters is 4. The van der Waals surface area contributed by atoms with Gasteiger partial charge in [0.1, 0.15) is 0 Å². The fraction of sp³-hybridized carbons (Fsp3) is 0.923. The van der Waals surface area contributed by atoms with E-state index >= 15 is 0 Å². The van der Waals surface area contributed by atoms with E-state index in [1.165, 1.54) is 116 Å². The molecule has 2 rings (SSSR count). The molecule has 0 saturated carbocycles. The molecule has 2 N–H and O–H groups in total. The molecule has 0 aromatic carbocycles. The van der Waals surface area contributed by atoms with Gasteiger partial charge in [-0.3, -0.25) is 28.8 Å². The Kier molecular flexibility index (Phi) is 59.0. The Labute approximate surface area is 564 Å². The molecule has 0 bridgehead atoms. The summed E-state index contributed by atoms with van der Waals surface area (Å²) in [6, 6.07) is 0. The highest BCUT2D eigenvalue weighted by Gasteiger charge is 2.27. The summed E-state index contributed by atoms with van der Waals surface area (Å²) in [4.78, 5) is 75.9. The Balaban J connectivity index is 0.00000111. The van der Waals surface area contributed by atoms with E-state index in [4.69, 9.17) is 29.2 Å². The minimum absolute atomic E-state index is 0.00408. The summed E-state index contributed by atoms with van der Waals surface area (Å²) in [7, 11) is 4.21. The number of carboxylic acid groups (broad SMARTS) is 2. The maximum atomic E-state index is 12.9. The Morgan fingerprint density at radius 1 is 0.315 bits per heavy atom. The van der Waals surface area contributed by atoms with Crippen LogP contribution in [0.2, 0.25) is 0 Å². The molecule has 0 aromatic heterocycles. The average Bonchev–Trinajstić information content (AvgIpc) is 1.82. The maximum absolute atomic E-state index is 12.9. The smallest absolute Gasteiger partial charge is 0.309 e. The summed E-state index contributed by atoms with van der Waals surface area (Å²) >= 11 is 0. The lowest BCUT2D eigenvalue weighted by molar-refractivity contribution is -0.152. The number of carbonyl (C=O) groups is 6. The van der Waals surface area contributed by atoms with Crippen molar-refractivity contribution in [1.82, 2.24) is 9.80 Å². The van der Waals surface area contributed by atoms with Crippen LogP contribution >= 0.6 is 0 Å². The normalized spacial score (nSPS) is 14.3. The lowest BCUT2D eigenvalue weighted by atomic mass is 9.91. The molecule has 2 saturated heterocycles. The van der Waals surface area contributed by atoms with Gasteiger partial charge in [-0.05, 0) is 167 Å². The van der Waals surface area contributed by atoms with Crippen molar-refractivity contribution in [3.8, 4) is 0 Å². The van der Waals surface area contributed by atoms with E-state index in [0.29, 0.717) is 51.1 Å². The number of aliphatic carboxylic acids is 2. The van der Waals surface area contributed by atoms with Crippen LogP contribution in [-0.2, 0) is 47.7 Å². The number of carboxylic acids is 2. The lowest BCUT2D eigenvalue weighted by Gasteiger charge is -2.28. The van der Waals surface area contributed by atoms with Gasteiger partial charge in [0.05, 0.1) is 38.3 Å². The first-order valence-electron chi connectivity index (χ1n) is 39.2. The first kappa shape index (κ1) is 86.8. The zero-order valence-electron chi connectivity index (χ0n) is 60.8. The second-order valence-corrected chi connectivity index (χ2v) is 28.6. The summed E-state index contributed by atoms with van der Waals surface area (Å²) in [6.45, 7) is 15.1. The summed E-state index contributed by atoms with van der Waals surface area (Å²) in [6.07, 6.45) is 55.5. The van der Waals surface area contributed by atoms with Crippen molar-refractivity contribution >= 4 is 35.8 Å². The molecule has 2 fully saturated rings. The molecule has 2 aliphatic rings. The van der Waals surface area contributed by atoms with Crippen LogP contribution in [0.1, 0.15) is 362 Å². The minimum atomic E-state index is -0.723. The zero-order valence-corrected chi connectivity index (χ0v) is 60.8. The van der Waals surface area contributed by atoms with Crippen molar-refractivity contribution in [3.63, 3.8) is 0 Å². The topological polar surface area (TPSA) is 186 Å². The molecule has 0 radical (unpaired) electrons. The fourth-order valence-electron chi connectivity index (χ4n) is 13.5. The average molecular weight is 1300 g/mol. The Morgan fingerprint density at radius 3 is 0.837 bits per heavy atom. The quantitative estimate of drug-likeness (QED) is 0.0333. The predicted molar refractivity (Wildman–Crippen MR) is 378 cm³/mol. The molecule has 0 atom stereocenters. The first-order chi connectivity index (χ1) is 44.7. The molecule has 2 aliphatic heterocycles. The highest BCUT2D eigenvalue weighted by atomic mass is 16.5. The Hall–Kier alpha value is -3.26. The van der Waals surface area contributed by atoms with Crippen molar-refractivity contribution in [1.29, 1.82) is 0 Å². The van der Waals surface area contributed by atoms with E-state index < -0.39 is 11.9 Å². The van der Waals surface area contributed by atoms with Crippen molar-refractivity contribution in [3.05, 3.63) is 0 Å². The van der Waals surface area contributed by atoms with Gasteiger partial charge in [0, 0.05) is 25.7 Å². The molecule has 0 aromatic rings. The number of rotatable bonds is 62. The van der Waals surface area contributed by atoms with Gasteiger partial charge in [-0.2, -0.15) is 0 Å². The number of carbonyl (C=O) groups excluding carboxylic acids is 4. The van der Waals surface area contributed by atoms with Gasteiger partial charge < -0.3 is 39.0 Å². The summed E-state index contributed by atoms with van der Waals surface area (Å²) in [5.74, 6) is 0.914. The number of hydrogen-bond acceptors (Lipinski definition) is 12. The van der Waals surface area contributed by atoms with Crippen LogP contribution in [0, 0.1) is 35.5 Å². The number of piperidine rings is 2. The lowest BCUT2D eigenvalue weighted by Crippen LogP contribution is -2.34. The van der Waals surface area contributed by atoms with Crippen molar-refractivity contribution in [2.75, 3.05) is 66.7 Å². The molecule has 92 heavy (non-hydrogen) atoms. The summed E-state index contributed by atoms with van der Waals surface area (Å²) < 4.78 is 22.9. The first-order valence-corrected chi connectivity index (χ1v) is 39.2. The van der Waals surface area contributed by atoms with E-state index in [0.717, 1.165) is 231 Å². The highest BCUT2D eigenvalue weighted by Crippen LogP contribution is 2.27.